The van der Waals surface area contributed by atoms with Crippen LogP contribution in [0.1, 0.15) is 22.4 Å². The number of benzene rings is 1. The van der Waals surface area contributed by atoms with Gasteiger partial charge in [0.2, 0.25) is 0 Å². The lowest BCUT2D eigenvalue weighted by atomic mass is 10.1. The molecule has 0 unspecified atom stereocenters. The minimum atomic E-state index is -4.39. The molecule has 2 aromatic rings. The van der Waals surface area contributed by atoms with E-state index in [0.717, 1.165) is 12.1 Å². The van der Waals surface area contributed by atoms with Crippen molar-refractivity contribution in [1.29, 1.82) is 0 Å². The molecule has 0 radical (unpaired) electrons. The first-order chi connectivity index (χ1) is 9.82. The molecule has 0 saturated carbocycles. The Bertz CT molecular complexity index is 705. The standard InChI is InChI=1S/C15H15F3N2O/c1-10-5-6-12(8-19)14(21)20(10)9-11-3-2-4-13(7-11)15(16,17)18/h2-7H,8-9,19H2,1H3. The van der Waals surface area contributed by atoms with Crippen LogP contribution in [0.2, 0.25) is 0 Å². The quantitative estimate of drug-likeness (QED) is 0.946. The zero-order valence-electron chi connectivity index (χ0n) is 11.4. The zero-order valence-corrected chi connectivity index (χ0v) is 11.4. The van der Waals surface area contributed by atoms with E-state index in [1.807, 2.05) is 0 Å². The van der Waals surface area contributed by atoms with E-state index in [4.69, 9.17) is 5.73 Å². The maximum atomic E-state index is 12.7. The molecule has 0 aliphatic rings. The first kappa shape index (κ1) is 15.3. The summed E-state index contributed by atoms with van der Waals surface area (Å²) in [5.74, 6) is 0. The monoisotopic (exact) mass is 296 g/mol. The van der Waals surface area contributed by atoms with Gasteiger partial charge in [-0.05, 0) is 30.7 Å². The van der Waals surface area contributed by atoms with Crippen LogP contribution in [0.3, 0.4) is 0 Å². The second kappa shape index (κ2) is 5.73. The highest BCUT2D eigenvalue weighted by Gasteiger charge is 2.30. The van der Waals surface area contributed by atoms with Crippen molar-refractivity contribution in [2.75, 3.05) is 0 Å². The van der Waals surface area contributed by atoms with E-state index < -0.39 is 11.7 Å². The minimum absolute atomic E-state index is 0.0857. The first-order valence-corrected chi connectivity index (χ1v) is 6.38. The van der Waals surface area contributed by atoms with E-state index in [9.17, 15) is 18.0 Å². The van der Waals surface area contributed by atoms with E-state index in [2.05, 4.69) is 0 Å². The summed E-state index contributed by atoms with van der Waals surface area (Å²) in [6, 6.07) is 8.34. The molecule has 3 nitrogen and oxygen atoms in total. The molecule has 1 aromatic carbocycles. The number of hydrogen-bond acceptors (Lipinski definition) is 2. The first-order valence-electron chi connectivity index (χ1n) is 6.38. The van der Waals surface area contributed by atoms with Crippen LogP contribution in [0.4, 0.5) is 13.2 Å². The van der Waals surface area contributed by atoms with Crippen molar-refractivity contribution in [1.82, 2.24) is 4.57 Å². The summed E-state index contributed by atoms with van der Waals surface area (Å²) in [7, 11) is 0. The third kappa shape index (κ3) is 3.33. The van der Waals surface area contributed by atoms with Gasteiger partial charge in [0, 0.05) is 17.8 Å². The lowest BCUT2D eigenvalue weighted by molar-refractivity contribution is -0.137. The molecule has 112 valence electrons. The molecular formula is C15H15F3N2O. The highest BCUT2D eigenvalue weighted by atomic mass is 19.4. The summed E-state index contributed by atoms with van der Waals surface area (Å²) in [6.45, 7) is 1.92. The van der Waals surface area contributed by atoms with Crippen molar-refractivity contribution in [3.05, 3.63) is 69.1 Å². The Morgan fingerprint density at radius 2 is 1.90 bits per heavy atom. The predicted octanol–water partition coefficient (Wildman–Crippen LogP) is 2.68. The second-order valence-corrected chi connectivity index (χ2v) is 4.79. The molecule has 6 heteroatoms. The number of pyridine rings is 1. The van der Waals surface area contributed by atoms with Gasteiger partial charge in [0.15, 0.2) is 0 Å². The fourth-order valence-corrected chi connectivity index (χ4v) is 2.10. The smallest absolute Gasteiger partial charge is 0.326 e. The average molecular weight is 296 g/mol. The number of rotatable bonds is 3. The Morgan fingerprint density at radius 1 is 1.19 bits per heavy atom. The highest BCUT2D eigenvalue weighted by Crippen LogP contribution is 2.29. The predicted molar refractivity (Wildman–Crippen MR) is 73.9 cm³/mol. The Kier molecular flexibility index (Phi) is 4.18. The van der Waals surface area contributed by atoms with Gasteiger partial charge in [0.25, 0.3) is 5.56 Å². The summed E-state index contributed by atoms with van der Waals surface area (Å²) >= 11 is 0. The zero-order chi connectivity index (χ0) is 15.6. The number of nitrogens with two attached hydrogens (primary N) is 1. The SMILES string of the molecule is Cc1ccc(CN)c(=O)n1Cc1cccc(C(F)(F)F)c1. The van der Waals surface area contributed by atoms with Crippen LogP contribution >= 0.6 is 0 Å². The highest BCUT2D eigenvalue weighted by molar-refractivity contribution is 5.27. The maximum Gasteiger partial charge on any atom is 0.416 e. The van der Waals surface area contributed by atoms with Crippen molar-refractivity contribution in [3.63, 3.8) is 0 Å². The Balaban J connectivity index is 2.42. The number of nitrogens with zero attached hydrogens (tertiary/aromatic N) is 1. The number of alkyl halides is 3. The average Bonchev–Trinajstić information content (AvgIpc) is 2.43. The van der Waals surface area contributed by atoms with E-state index in [1.165, 1.54) is 10.6 Å². The minimum Gasteiger partial charge on any atom is -0.326 e. The number of aromatic nitrogens is 1. The Labute approximate surface area is 119 Å². The van der Waals surface area contributed by atoms with Crippen molar-refractivity contribution < 1.29 is 13.2 Å². The molecule has 0 amide bonds. The van der Waals surface area contributed by atoms with Crippen LogP contribution in [0, 0.1) is 6.92 Å². The largest absolute Gasteiger partial charge is 0.416 e. The molecular weight excluding hydrogens is 281 g/mol. The molecule has 2 rings (SSSR count). The molecule has 0 saturated heterocycles. The molecule has 0 bridgehead atoms. The molecule has 0 spiro atoms. The van der Waals surface area contributed by atoms with Gasteiger partial charge < -0.3 is 10.3 Å². The van der Waals surface area contributed by atoms with Crippen molar-refractivity contribution >= 4 is 0 Å². The van der Waals surface area contributed by atoms with Crippen LogP contribution in [0.5, 0.6) is 0 Å². The van der Waals surface area contributed by atoms with Gasteiger partial charge in [-0.15, -0.1) is 0 Å². The van der Waals surface area contributed by atoms with E-state index >= 15 is 0 Å². The molecule has 1 heterocycles. The van der Waals surface area contributed by atoms with Crippen LogP contribution in [-0.4, -0.2) is 4.57 Å². The van der Waals surface area contributed by atoms with Crippen LogP contribution in [0.25, 0.3) is 0 Å². The van der Waals surface area contributed by atoms with Crippen molar-refractivity contribution in [2.45, 2.75) is 26.2 Å². The topological polar surface area (TPSA) is 48.0 Å². The Morgan fingerprint density at radius 3 is 2.52 bits per heavy atom. The lowest BCUT2D eigenvalue weighted by Crippen LogP contribution is -2.27. The summed E-state index contributed by atoms with van der Waals surface area (Å²) in [4.78, 5) is 12.2. The summed E-state index contributed by atoms with van der Waals surface area (Å²) in [5.41, 5.74) is 6.03. The van der Waals surface area contributed by atoms with Crippen LogP contribution in [0.15, 0.2) is 41.2 Å². The van der Waals surface area contributed by atoms with Gasteiger partial charge in [-0.25, -0.2) is 0 Å². The Hall–Kier alpha value is -2.08. The van der Waals surface area contributed by atoms with Crippen LogP contribution < -0.4 is 11.3 Å². The van der Waals surface area contributed by atoms with Gasteiger partial charge in [0.1, 0.15) is 0 Å². The van der Waals surface area contributed by atoms with Gasteiger partial charge in [-0.3, -0.25) is 4.79 Å². The third-order valence-corrected chi connectivity index (χ3v) is 3.29. The molecule has 0 aliphatic heterocycles. The fraction of sp³-hybridized carbons (Fsp3) is 0.267. The molecule has 0 fully saturated rings. The van der Waals surface area contributed by atoms with Gasteiger partial charge >= 0.3 is 6.18 Å². The fourth-order valence-electron chi connectivity index (χ4n) is 2.10. The third-order valence-electron chi connectivity index (χ3n) is 3.29. The van der Waals surface area contributed by atoms with E-state index in [1.54, 1.807) is 25.1 Å². The van der Waals surface area contributed by atoms with E-state index in [-0.39, 0.29) is 18.6 Å². The molecule has 21 heavy (non-hydrogen) atoms. The number of halogens is 3. The summed E-state index contributed by atoms with van der Waals surface area (Å²) < 4.78 is 39.5. The molecule has 2 N–H and O–H groups in total. The van der Waals surface area contributed by atoms with Crippen molar-refractivity contribution in [2.24, 2.45) is 5.73 Å². The number of hydrogen-bond donors (Lipinski definition) is 1. The lowest BCUT2D eigenvalue weighted by Gasteiger charge is -2.13. The van der Waals surface area contributed by atoms with Gasteiger partial charge in [0.05, 0.1) is 12.1 Å². The van der Waals surface area contributed by atoms with Gasteiger partial charge in [-0.1, -0.05) is 18.2 Å². The normalized spacial score (nSPS) is 11.7. The maximum absolute atomic E-state index is 12.7. The second-order valence-electron chi connectivity index (χ2n) is 4.79. The van der Waals surface area contributed by atoms with Gasteiger partial charge in [-0.2, -0.15) is 13.2 Å². The number of aryl methyl sites for hydroxylation is 1. The van der Waals surface area contributed by atoms with E-state index in [0.29, 0.717) is 16.8 Å². The summed E-state index contributed by atoms with van der Waals surface area (Å²) in [6.07, 6.45) is -4.39. The van der Waals surface area contributed by atoms with Crippen LogP contribution in [-0.2, 0) is 19.3 Å². The molecule has 0 atom stereocenters. The summed E-state index contributed by atoms with van der Waals surface area (Å²) in [5, 5.41) is 0. The molecule has 1 aromatic heterocycles. The molecule has 0 aliphatic carbocycles. The van der Waals surface area contributed by atoms with Crippen molar-refractivity contribution in [3.8, 4) is 0 Å².